The number of thiophene rings is 1. The summed E-state index contributed by atoms with van der Waals surface area (Å²) in [6, 6.07) is 1.90. The third-order valence-electron chi connectivity index (χ3n) is 2.13. The zero-order valence-electron chi connectivity index (χ0n) is 9.19. The highest BCUT2D eigenvalue weighted by molar-refractivity contribution is 7.19. The van der Waals surface area contributed by atoms with Crippen molar-refractivity contribution in [3.8, 4) is 10.8 Å². The largest absolute Gasteiger partial charge is 0.391 e. The molecule has 2 rings (SSSR count). The molecular weight excluding hydrogens is 226 g/mol. The van der Waals surface area contributed by atoms with Gasteiger partial charge in [0, 0.05) is 13.5 Å². The summed E-state index contributed by atoms with van der Waals surface area (Å²) in [7, 11) is 1.64. The molecular formula is C10H13N3O2S. The van der Waals surface area contributed by atoms with Crippen molar-refractivity contribution in [1.29, 1.82) is 0 Å². The van der Waals surface area contributed by atoms with Gasteiger partial charge in [-0.15, -0.1) is 11.3 Å². The molecule has 0 saturated heterocycles. The summed E-state index contributed by atoms with van der Waals surface area (Å²) < 4.78 is 10.1. The van der Waals surface area contributed by atoms with E-state index in [-0.39, 0.29) is 0 Å². The van der Waals surface area contributed by atoms with Crippen molar-refractivity contribution in [3.05, 3.63) is 17.5 Å². The molecule has 0 aliphatic carbocycles. The van der Waals surface area contributed by atoms with Gasteiger partial charge in [-0.05, 0) is 18.6 Å². The summed E-state index contributed by atoms with van der Waals surface area (Å²) in [5.74, 6) is 1.19. The summed E-state index contributed by atoms with van der Waals surface area (Å²) in [6.45, 7) is 2.56. The van der Waals surface area contributed by atoms with Crippen LogP contribution in [0, 0.1) is 6.92 Å². The number of hydrogen-bond donors (Lipinski definition) is 1. The molecule has 2 aromatic rings. The van der Waals surface area contributed by atoms with Crippen molar-refractivity contribution < 1.29 is 9.26 Å². The minimum absolute atomic E-state index is 0.533. The minimum atomic E-state index is 0.533. The van der Waals surface area contributed by atoms with Crippen molar-refractivity contribution in [2.45, 2.75) is 13.3 Å². The standard InChI is InChI=1S/C10H13N3O2S/c1-6-5-7(11)16-9(6)10-12-8(13-15-10)3-4-14-2/h5H,3-4,11H2,1-2H3. The fraction of sp³-hybridized carbons (Fsp3) is 0.400. The van der Waals surface area contributed by atoms with Crippen LogP contribution in [-0.2, 0) is 11.2 Å². The van der Waals surface area contributed by atoms with E-state index in [9.17, 15) is 0 Å². The summed E-state index contributed by atoms with van der Waals surface area (Å²) in [4.78, 5) is 5.23. The van der Waals surface area contributed by atoms with Crippen LogP contribution in [0.1, 0.15) is 11.4 Å². The number of ether oxygens (including phenoxy) is 1. The van der Waals surface area contributed by atoms with Gasteiger partial charge in [0.2, 0.25) is 0 Å². The molecule has 0 unspecified atom stereocenters. The van der Waals surface area contributed by atoms with Crippen LogP contribution in [0.15, 0.2) is 10.6 Å². The fourth-order valence-corrected chi connectivity index (χ4v) is 2.22. The Labute approximate surface area is 97.2 Å². The van der Waals surface area contributed by atoms with Crippen molar-refractivity contribution in [2.24, 2.45) is 0 Å². The molecule has 2 aromatic heterocycles. The summed E-state index contributed by atoms with van der Waals surface area (Å²) in [6.07, 6.45) is 0.653. The zero-order valence-corrected chi connectivity index (χ0v) is 10.0. The summed E-state index contributed by atoms with van der Waals surface area (Å²) in [5.41, 5.74) is 6.77. The monoisotopic (exact) mass is 239 g/mol. The van der Waals surface area contributed by atoms with Gasteiger partial charge in [0.1, 0.15) is 0 Å². The molecule has 0 amide bonds. The third-order valence-corrected chi connectivity index (χ3v) is 3.18. The Balaban J connectivity index is 2.21. The van der Waals surface area contributed by atoms with Gasteiger partial charge in [-0.25, -0.2) is 0 Å². The highest BCUT2D eigenvalue weighted by atomic mass is 32.1. The maximum atomic E-state index is 5.71. The van der Waals surface area contributed by atoms with E-state index in [2.05, 4.69) is 10.1 Å². The van der Waals surface area contributed by atoms with Crippen LogP contribution in [-0.4, -0.2) is 23.9 Å². The topological polar surface area (TPSA) is 74.2 Å². The maximum absolute atomic E-state index is 5.71. The van der Waals surface area contributed by atoms with E-state index >= 15 is 0 Å². The molecule has 0 aliphatic heterocycles. The highest BCUT2D eigenvalue weighted by Gasteiger charge is 2.13. The number of anilines is 1. The first-order valence-electron chi connectivity index (χ1n) is 4.88. The van der Waals surface area contributed by atoms with Gasteiger partial charge >= 0.3 is 0 Å². The second-order valence-electron chi connectivity index (χ2n) is 3.42. The van der Waals surface area contributed by atoms with E-state index in [0.717, 1.165) is 15.4 Å². The van der Waals surface area contributed by atoms with Crippen LogP contribution < -0.4 is 5.73 Å². The number of hydrogen-bond acceptors (Lipinski definition) is 6. The highest BCUT2D eigenvalue weighted by Crippen LogP contribution is 2.32. The first kappa shape index (κ1) is 11.1. The predicted octanol–water partition coefficient (Wildman–Crippen LogP) is 1.88. The summed E-state index contributed by atoms with van der Waals surface area (Å²) in [5, 5.41) is 4.63. The lowest BCUT2D eigenvalue weighted by atomic mass is 10.3. The number of nitrogens with two attached hydrogens (primary N) is 1. The minimum Gasteiger partial charge on any atom is -0.391 e. The normalized spacial score (nSPS) is 10.9. The Bertz CT molecular complexity index is 478. The van der Waals surface area contributed by atoms with Crippen LogP contribution >= 0.6 is 11.3 Å². The van der Waals surface area contributed by atoms with E-state index in [1.807, 2.05) is 13.0 Å². The molecule has 0 radical (unpaired) electrons. The van der Waals surface area contributed by atoms with E-state index in [1.54, 1.807) is 7.11 Å². The smallest absolute Gasteiger partial charge is 0.268 e. The second kappa shape index (κ2) is 4.63. The lowest BCUT2D eigenvalue weighted by Crippen LogP contribution is -1.95. The number of aromatic nitrogens is 2. The van der Waals surface area contributed by atoms with Crippen molar-refractivity contribution >= 4 is 16.3 Å². The molecule has 86 valence electrons. The van der Waals surface area contributed by atoms with Gasteiger partial charge in [-0.1, -0.05) is 5.16 Å². The number of nitrogens with zero attached hydrogens (tertiary/aromatic N) is 2. The third kappa shape index (κ3) is 2.23. The molecule has 16 heavy (non-hydrogen) atoms. The van der Waals surface area contributed by atoms with Crippen LogP contribution in [0.5, 0.6) is 0 Å². The Morgan fingerprint density at radius 1 is 1.56 bits per heavy atom. The van der Waals surface area contributed by atoms with E-state index < -0.39 is 0 Å². The Morgan fingerprint density at radius 3 is 3.00 bits per heavy atom. The van der Waals surface area contributed by atoms with Crippen LogP contribution in [0.4, 0.5) is 5.00 Å². The fourth-order valence-electron chi connectivity index (χ4n) is 1.36. The molecule has 0 aliphatic rings. The van der Waals surface area contributed by atoms with Crippen molar-refractivity contribution in [2.75, 3.05) is 19.5 Å². The van der Waals surface area contributed by atoms with Gasteiger partial charge < -0.3 is 15.0 Å². The van der Waals surface area contributed by atoms with Gasteiger partial charge in [-0.2, -0.15) is 4.98 Å². The Kier molecular flexibility index (Phi) is 3.21. The van der Waals surface area contributed by atoms with Crippen LogP contribution in [0.2, 0.25) is 0 Å². The maximum Gasteiger partial charge on any atom is 0.268 e. The molecule has 2 heterocycles. The molecule has 0 fully saturated rings. The Morgan fingerprint density at radius 2 is 2.38 bits per heavy atom. The lowest BCUT2D eigenvalue weighted by Gasteiger charge is -1.91. The van der Waals surface area contributed by atoms with Gasteiger partial charge in [0.15, 0.2) is 5.82 Å². The van der Waals surface area contributed by atoms with E-state index in [1.165, 1.54) is 11.3 Å². The van der Waals surface area contributed by atoms with Gasteiger partial charge in [-0.3, -0.25) is 0 Å². The molecule has 2 N–H and O–H groups in total. The van der Waals surface area contributed by atoms with Crippen LogP contribution in [0.3, 0.4) is 0 Å². The first-order valence-corrected chi connectivity index (χ1v) is 5.70. The first-order chi connectivity index (χ1) is 7.70. The number of nitrogen functional groups attached to an aromatic ring is 1. The molecule has 0 spiro atoms. The molecule has 5 nitrogen and oxygen atoms in total. The SMILES string of the molecule is COCCc1noc(-c2sc(N)cc2C)n1. The molecule has 0 atom stereocenters. The Hall–Kier alpha value is -1.40. The van der Waals surface area contributed by atoms with E-state index in [0.29, 0.717) is 24.7 Å². The molecule has 0 saturated carbocycles. The quantitative estimate of drug-likeness (QED) is 0.881. The summed E-state index contributed by atoms with van der Waals surface area (Å²) >= 11 is 1.45. The van der Waals surface area contributed by atoms with Crippen molar-refractivity contribution in [1.82, 2.24) is 10.1 Å². The average Bonchev–Trinajstić information content (AvgIpc) is 2.82. The van der Waals surface area contributed by atoms with Crippen molar-refractivity contribution in [3.63, 3.8) is 0 Å². The molecule has 0 bridgehead atoms. The number of aryl methyl sites for hydroxylation is 1. The predicted molar refractivity (Wildman–Crippen MR) is 62.3 cm³/mol. The zero-order chi connectivity index (χ0) is 11.5. The van der Waals surface area contributed by atoms with Crippen LogP contribution in [0.25, 0.3) is 10.8 Å². The number of rotatable bonds is 4. The molecule has 6 heteroatoms. The lowest BCUT2D eigenvalue weighted by molar-refractivity contribution is 0.199. The van der Waals surface area contributed by atoms with Gasteiger partial charge in [0.25, 0.3) is 5.89 Å². The van der Waals surface area contributed by atoms with E-state index in [4.69, 9.17) is 15.0 Å². The second-order valence-corrected chi connectivity index (χ2v) is 4.50. The van der Waals surface area contributed by atoms with Gasteiger partial charge in [0.05, 0.1) is 16.5 Å². The average molecular weight is 239 g/mol. The molecule has 0 aromatic carbocycles. The number of methoxy groups -OCH3 is 1.